The molecule has 1 fully saturated rings. The molecule has 2 aromatic heterocycles. The summed E-state index contributed by atoms with van der Waals surface area (Å²) in [7, 11) is 0. The molecule has 0 saturated carbocycles. The molecular formula is C24H25N7O2. The predicted molar refractivity (Wildman–Crippen MR) is 124 cm³/mol. The lowest BCUT2D eigenvalue weighted by Crippen LogP contribution is -2.35. The Morgan fingerprint density at radius 3 is 2.67 bits per heavy atom. The lowest BCUT2D eigenvalue weighted by Gasteiger charge is -2.26. The van der Waals surface area contributed by atoms with Crippen LogP contribution >= 0.6 is 0 Å². The molecule has 4 heterocycles. The molecule has 0 unspecified atom stereocenters. The Morgan fingerprint density at radius 1 is 1.09 bits per heavy atom. The Kier molecular flexibility index (Phi) is 5.04. The molecule has 2 amide bonds. The second kappa shape index (κ2) is 8.34. The van der Waals surface area contributed by atoms with Crippen LogP contribution in [0.1, 0.15) is 16.7 Å². The van der Waals surface area contributed by atoms with E-state index in [-0.39, 0.29) is 6.03 Å². The molecule has 6 rings (SSSR count). The van der Waals surface area contributed by atoms with Crippen molar-refractivity contribution in [1.29, 1.82) is 0 Å². The number of H-pyrrole nitrogens is 2. The van der Waals surface area contributed by atoms with Gasteiger partial charge in [-0.1, -0.05) is 30.3 Å². The maximum atomic E-state index is 12.9. The Hall–Kier alpha value is -3.69. The minimum atomic E-state index is -0.155. The molecule has 0 spiro atoms. The molecule has 2 aliphatic rings. The summed E-state index contributed by atoms with van der Waals surface area (Å²) in [5.41, 5.74) is 6.59. The fraction of sp³-hybridized carbons (Fsp3) is 0.292. The van der Waals surface area contributed by atoms with Crippen molar-refractivity contribution >= 4 is 22.8 Å². The number of anilines is 1. The monoisotopic (exact) mass is 443 g/mol. The van der Waals surface area contributed by atoms with Crippen LogP contribution in [0.25, 0.3) is 22.6 Å². The van der Waals surface area contributed by atoms with Crippen molar-refractivity contribution in [3.8, 4) is 11.5 Å². The van der Waals surface area contributed by atoms with Gasteiger partial charge in [0.05, 0.1) is 29.9 Å². The number of aromatic amines is 2. The van der Waals surface area contributed by atoms with Gasteiger partial charge < -0.3 is 19.9 Å². The zero-order valence-corrected chi connectivity index (χ0v) is 18.2. The van der Waals surface area contributed by atoms with Crippen molar-refractivity contribution in [2.45, 2.75) is 19.6 Å². The number of imidazole rings is 1. The van der Waals surface area contributed by atoms with Crippen molar-refractivity contribution in [2.75, 3.05) is 31.6 Å². The third kappa shape index (κ3) is 3.96. The summed E-state index contributed by atoms with van der Waals surface area (Å²) in [5, 5.41) is 10.2. The average molecular weight is 444 g/mol. The molecule has 0 radical (unpaired) electrons. The summed E-state index contributed by atoms with van der Waals surface area (Å²) >= 11 is 0. The summed E-state index contributed by atoms with van der Waals surface area (Å²) in [5.74, 6) is 0.620. The molecular weight excluding hydrogens is 418 g/mol. The van der Waals surface area contributed by atoms with Gasteiger partial charge in [-0.05, 0) is 28.8 Å². The van der Waals surface area contributed by atoms with Gasteiger partial charge in [-0.15, -0.1) is 0 Å². The third-order valence-corrected chi connectivity index (χ3v) is 6.29. The van der Waals surface area contributed by atoms with E-state index in [1.807, 2.05) is 18.2 Å². The van der Waals surface area contributed by atoms with Gasteiger partial charge in [-0.25, -0.2) is 9.78 Å². The van der Waals surface area contributed by atoms with Gasteiger partial charge in [0, 0.05) is 38.9 Å². The second-order valence-electron chi connectivity index (χ2n) is 8.53. The van der Waals surface area contributed by atoms with Crippen LogP contribution in [0.5, 0.6) is 0 Å². The maximum Gasteiger partial charge on any atom is 0.322 e. The number of carbonyl (C=O) groups excluding carboxylic acids is 1. The van der Waals surface area contributed by atoms with Crippen molar-refractivity contribution in [3.63, 3.8) is 0 Å². The van der Waals surface area contributed by atoms with Gasteiger partial charge in [0.2, 0.25) is 0 Å². The molecule has 9 nitrogen and oxygen atoms in total. The van der Waals surface area contributed by atoms with Crippen molar-refractivity contribution in [1.82, 2.24) is 30.0 Å². The van der Waals surface area contributed by atoms with E-state index in [0.29, 0.717) is 30.3 Å². The van der Waals surface area contributed by atoms with Crippen LogP contribution in [0, 0.1) is 0 Å². The van der Waals surface area contributed by atoms with E-state index >= 15 is 0 Å². The molecule has 4 aromatic rings. The van der Waals surface area contributed by atoms with Crippen LogP contribution in [-0.2, 0) is 24.4 Å². The molecule has 3 N–H and O–H groups in total. The number of carbonyl (C=O) groups is 1. The van der Waals surface area contributed by atoms with Crippen molar-refractivity contribution in [2.24, 2.45) is 0 Å². The molecule has 1 saturated heterocycles. The SMILES string of the molecule is O=C(Nc1c[nH]nc1-c1nc2cc(CN3CCOCC3)ccc2[nH]1)N1Cc2ccccc2C1. The van der Waals surface area contributed by atoms with E-state index in [9.17, 15) is 4.79 Å². The van der Waals surface area contributed by atoms with Crippen LogP contribution in [-0.4, -0.2) is 62.3 Å². The first-order valence-electron chi connectivity index (χ1n) is 11.2. The predicted octanol–water partition coefficient (Wildman–Crippen LogP) is 3.33. The molecule has 0 bridgehead atoms. The third-order valence-electron chi connectivity index (χ3n) is 6.29. The lowest BCUT2D eigenvalue weighted by atomic mass is 10.1. The fourth-order valence-electron chi connectivity index (χ4n) is 4.52. The van der Waals surface area contributed by atoms with Crippen LogP contribution in [0.2, 0.25) is 0 Å². The number of rotatable bonds is 4. The van der Waals surface area contributed by atoms with Gasteiger partial charge in [0.1, 0.15) is 0 Å². The Bertz CT molecular complexity index is 1280. The fourth-order valence-corrected chi connectivity index (χ4v) is 4.52. The molecule has 2 aromatic carbocycles. The Balaban J connectivity index is 1.19. The number of aromatic nitrogens is 4. The number of hydrogen-bond donors (Lipinski definition) is 3. The van der Waals surface area contributed by atoms with Gasteiger partial charge in [-0.2, -0.15) is 5.10 Å². The lowest BCUT2D eigenvalue weighted by molar-refractivity contribution is 0.0342. The molecule has 0 aliphatic carbocycles. The highest BCUT2D eigenvalue weighted by Gasteiger charge is 2.24. The summed E-state index contributed by atoms with van der Waals surface area (Å²) in [6.45, 7) is 5.55. The molecule has 9 heteroatoms. The minimum absolute atomic E-state index is 0.155. The number of morpholine rings is 1. The summed E-state index contributed by atoms with van der Waals surface area (Å²) in [4.78, 5) is 25.2. The molecule has 0 atom stereocenters. The van der Waals surface area contributed by atoms with Crippen LogP contribution in [0.4, 0.5) is 10.5 Å². The number of hydrogen-bond acceptors (Lipinski definition) is 5. The second-order valence-corrected chi connectivity index (χ2v) is 8.53. The van der Waals surface area contributed by atoms with Crippen molar-refractivity contribution in [3.05, 3.63) is 65.4 Å². The standard InChI is InChI=1S/C24H25N7O2/c32-24(31-14-17-3-1-2-4-18(17)15-31)28-21-12-25-29-22(21)23-26-19-6-5-16(11-20(19)27-23)13-30-7-9-33-10-8-30/h1-6,11-12H,7-10,13-15H2,(H,25,29)(H,26,27)(H,28,32). The maximum absolute atomic E-state index is 12.9. The Labute approximate surface area is 190 Å². The number of benzene rings is 2. The molecule has 2 aliphatic heterocycles. The largest absolute Gasteiger partial charge is 0.379 e. The summed E-state index contributed by atoms with van der Waals surface area (Å²) in [6, 6.07) is 14.3. The van der Waals surface area contributed by atoms with Gasteiger partial charge >= 0.3 is 6.03 Å². The highest BCUT2D eigenvalue weighted by Crippen LogP contribution is 2.28. The first-order valence-corrected chi connectivity index (χ1v) is 11.2. The first kappa shape index (κ1) is 20.0. The minimum Gasteiger partial charge on any atom is -0.379 e. The van der Waals surface area contributed by atoms with Crippen LogP contribution < -0.4 is 5.32 Å². The number of nitrogens with zero attached hydrogens (tertiary/aromatic N) is 4. The van der Waals surface area contributed by atoms with E-state index in [0.717, 1.165) is 43.9 Å². The smallest absolute Gasteiger partial charge is 0.322 e. The average Bonchev–Trinajstić information content (AvgIpc) is 3.57. The topological polar surface area (TPSA) is 102 Å². The van der Waals surface area contributed by atoms with E-state index < -0.39 is 0 Å². The zero-order chi connectivity index (χ0) is 22.2. The van der Waals surface area contributed by atoms with Gasteiger partial charge in [0.25, 0.3) is 0 Å². The number of ether oxygens (including phenoxy) is 1. The number of nitrogens with one attached hydrogen (secondary N) is 3. The molecule has 33 heavy (non-hydrogen) atoms. The quantitative estimate of drug-likeness (QED) is 0.449. The van der Waals surface area contributed by atoms with Crippen molar-refractivity contribution < 1.29 is 9.53 Å². The Morgan fingerprint density at radius 2 is 1.88 bits per heavy atom. The first-order chi connectivity index (χ1) is 16.2. The normalized spacial score (nSPS) is 16.3. The van der Waals surface area contributed by atoms with Crippen LogP contribution in [0.15, 0.2) is 48.7 Å². The number of amides is 2. The van der Waals surface area contributed by atoms with E-state index in [2.05, 4.69) is 49.7 Å². The summed E-state index contributed by atoms with van der Waals surface area (Å²) < 4.78 is 5.44. The van der Waals surface area contributed by atoms with Gasteiger partial charge in [0.15, 0.2) is 11.5 Å². The van der Waals surface area contributed by atoms with E-state index in [4.69, 9.17) is 9.72 Å². The van der Waals surface area contributed by atoms with E-state index in [1.54, 1.807) is 11.1 Å². The highest BCUT2D eigenvalue weighted by atomic mass is 16.5. The number of urea groups is 1. The van der Waals surface area contributed by atoms with E-state index in [1.165, 1.54) is 16.7 Å². The highest BCUT2D eigenvalue weighted by molar-refractivity contribution is 5.93. The van der Waals surface area contributed by atoms with Gasteiger partial charge in [-0.3, -0.25) is 10.00 Å². The zero-order valence-electron chi connectivity index (χ0n) is 18.2. The molecule has 168 valence electrons. The summed E-state index contributed by atoms with van der Waals surface area (Å²) in [6.07, 6.45) is 1.69. The number of fused-ring (bicyclic) bond motifs is 2. The van der Waals surface area contributed by atoms with Crippen LogP contribution in [0.3, 0.4) is 0 Å².